The van der Waals surface area contributed by atoms with Crippen LogP contribution in [-0.4, -0.2) is 19.9 Å². The van der Waals surface area contributed by atoms with E-state index in [1.807, 2.05) is 0 Å². The molecule has 0 saturated carbocycles. The molecule has 2 aromatic rings. The summed E-state index contributed by atoms with van der Waals surface area (Å²) in [4.78, 5) is 15.9. The Labute approximate surface area is 144 Å². The van der Waals surface area contributed by atoms with Crippen molar-refractivity contribution in [1.29, 1.82) is 0 Å². The molecule has 0 fully saturated rings. The zero-order chi connectivity index (χ0) is 15.0. The van der Waals surface area contributed by atoms with Crippen LogP contribution >= 0.6 is 69.6 Å². The van der Waals surface area contributed by atoms with Gasteiger partial charge in [-0.15, -0.1) is 0 Å². The summed E-state index contributed by atoms with van der Waals surface area (Å²) in [7, 11) is 0. The van der Waals surface area contributed by atoms with Crippen LogP contribution in [0.3, 0.4) is 0 Å². The summed E-state index contributed by atoms with van der Waals surface area (Å²) in [6.45, 7) is 0. The summed E-state index contributed by atoms with van der Waals surface area (Å²) in [5, 5.41) is 0. The second-order valence-electron chi connectivity index (χ2n) is 3.54. The van der Waals surface area contributed by atoms with Crippen molar-refractivity contribution in [3.8, 4) is 11.4 Å². The maximum atomic E-state index is 5.78. The molecule has 2 rings (SSSR count). The quantitative estimate of drug-likeness (QED) is 0.666. The van der Waals surface area contributed by atoms with Gasteiger partial charge >= 0.3 is 0 Å². The van der Waals surface area contributed by atoms with Crippen LogP contribution in [0.5, 0.6) is 0 Å². The van der Waals surface area contributed by atoms with Crippen LogP contribution in [-0.2, 0) is 7.59 Å². The number of rotatable bonds is 1. The van der Waals surface area contributed by atoms with Gasteiger partial charge in [0, 0.05) is 18.0 Å². The Morgan fingerprint density at radius 1 is 0.700 bits per heavy atom. The molecular weight excluding hydrogens is 389 g/mol. The Balaban J connectivity index is 2.64. The summed E-state index contributed by atoms with van der Waals surface area (Å²) < 4.78 is -3.73. The van der Waals surface area contributed by atoms with Gasteiger partial charge in [-0.05, 0) is 12.1 Å². The molecule has 0 atom stereocenters. The van der Waals surface area contributed by atoms with Gasteiger partial charge in [0.05, 0.1) is 0 Å². The van der Waals surface area contributed by atoms with Crippen LogP contribution in [0, 0.1) is 0 Å². The average Bonchev–Trinajstić information content (AvgIpc) is 2.37. The minimum atomic E-state index is -1.87. The van der Waals surface area contributed by atoms with Crippen molar-refractivity contribution in [2.75, 3.05) is 0 Å². The van der Waals surface area contributed by atoms with Gasteiger partial charge in [-0.1, -0.05) is 69.6 Å². The lowest BCUT2D eigenvalue weighted by molar-refractivity contribution is 0.851. The molecule has 0 bridgehead atoms. The van der Waals surface area contributed by atoms with E-state index in [2.05, 4.69) is 19.9 Å². The molecule has 0 unspecified atom stereocenters. The van der Waals surface area contributed by atoms with E-state index in [-0.39, 0.29) is 17.5 Å². The van der Waals surface area contributed by atoms with Crippen molar-refractivity contribution in [3.63, 3.8) is 0 Å². The zero-order valence-electron chi connectivity index (χ0n) is 9.37. The van der Waals surface area contributed by atoms with E-state index in [4.69, 9.17) is 69.6 Å². The highest BCUT2D eigenvalue weighted by Crippen LogP contribution is 2.40. The summed E-state index contributed by atoms with van der Waals surface area (Å²) in [5.74, 6) is -0.0543. The maximum absolute atomic E-state index is 5.78. The molecule has 0 saturated heterocycles. The molecule has 0 aliphatic rings. The van der Waals surface area contributed by atoms with E-state index >= 15 is 0 Å². The third kappa shape index (κ3) is 3.97. The molecule has 0 radical (unpaired) electrons. The van der Waals surface area contributed by atoms with Crippen LogP contribution in [0.1, 0.15) is 11.6 Å². The lowest BCUT2D eigenvalue weighted by atomic mass is 10.2. The highest BCUT2D eigenvalue weighted by atomic mass is 35.6. The fraction of sp³-hybridized carbons (Fsp3) is 0.200. The maximum Gasteiger partial charge on any atom is 0.250 e. The van der Waals surface area contributed by atoms with Crippen LogP contribution in [0.4, 0.5) is 0 Å². The predicted octanol–water partition coefficient (Wildman–Crippen LogP) is 4.59. The van der Waals surface area contributed by atoms with Gasteiger partial charge in [0.2, 0.25) is 7.59 Å². The number of nitrogens with zero attached hydrogens (tertiary/aromatic N) is 4. The van der Waals surface area contributed by atoms with Crippen LogP contribution in [0.25, 0.3) is 11.4 Å². The number of alkyl halides is 6. The van der Waals surface area contributed by atoms with E-state index in [0.29, 0.717) is 5.56 Å². The Kier molecular flexibility index (Phi) is 4.84. The van der Waals surface area contributed by atoms with Crippen molar-refractivity contribution in [2.24, 2.45) is 0 Å². The minimum Gasteiger partial charge on any atom is -0.265 e. The summed E-state index contributed by atoms with van der Waals surface area (Å²) in [5.41, 5.74) is 0.619. The molecule has 2 aromatic heterocycles. The Morgan fingerprint density at radius 3 is 1.55 bits per heavy atom. The highest BCUT2D eigenvalue weighted by molar-refractivity contribution is 6.67. The Hall–Kier alpha value is -0.100. The van der Waals surface area contributed by atoms with Gasteiger partial charge in [-0.3, -0.25) is 4.98 Å². The standard InChI is InChI=1S/C10H4Cl6N4/c11-9(12,13)7-18-6(5-1-3-17-4-2-5)19-8(20-7)10(14,15)16/h1-4H. The van der Waals surface area contributed by atoms with Crippen molar-refractivity contribution in [1.82, 2.24) is 19.9 Å². The van der Waals surface area contributed by atoms with Crippen LogP contribution in [0.2, 0.25) is 0 Å². The molecule has 0 aliphatic carbocycles. The molecule has 0 N–H and O–H groups in total. The van der Waals surface area contributed by atoms with Crippen LogP contribution in [0.15, 0.2) is 24.5 Å². The molecule has 0 spiro atoms. The first kappa shape index (κ1) is 16.3. The van der Waals surface area contributed by atoms with Crippen molar-refractivity contribution in [3.05, 3.63) is 36.2 Å². The fourth-order valence-corrected chi connectivity index (χ4v) is 1.77. The molecular formula is C10H4Cl6N4. The average molecular weight is 393 g/mol. The third-order valence-corrected chi connectivity index (χ3v) is 3.10. The van der Waals surface area contributed by atoms with Crippen LogP contribution < -0.4 is 0 Å². The molecule has 10 heteroatoms. The topological polar surface area (TPSA) is 51.6 Å². The number of pyridine rings is 1. The van der Waals surface area contributed by atoms with Gasteiger partial charge in [-0.25, -0.2) is 15.0 Å². The minimum absolute atomic E-state index is 0.134. The lowest BCUT2D eigenvalue weighted by Gasteiger charge is -2.15. The normalized spacial score (nSPS) is 12.5. The Morgan fingerprint density at radius 2 is 1.15 bits per heavy atom. The number of aromatic nitrogens is 4. The SMILES string of the molecule is ClC(Cl)(Cl)c1nc(-c2ccncc2)nc(C(Cl)(Cl)Cl)n1. The molecule has 106 valence electrons. The van der Waals surface area contributed by atoms with E-state index in [0.717, 1.165) is 0 Å². The zero-order valence-corrected chi connectivity index (χ0v) is 13.9. The summed E-state index contributed by atoms with van der Waals surface area (Å²) in [6.07, 6.45) is 3.12. The largest absolute Gasteiger partial charge is 0.265 e. The number of halogens is 6. The molecule has 0 aliphatic heterocycles. The van der Waals surface area contributed by atoms with Gasteiger partial charge < -0.3 is 0 Å². The van der Waals surface area contributed by atoms with Crippen molar-refractivity contribution >= 4 is 69.6 Å². The molecule has 0 aromatic carbocycles. The third-order valence-electron chi connectivity index (χ3n) is 2.08. The van der Waals surface area contributed by atoms with E-state index in [1.165, 1.54) is 0 Å². The van der Waals surface area contributed by atoms with Gasteiger partial charge in [-0.2, -0.15) is 0 Å². The van der Waals surface area contributed by atoms with E-state index in [1.54, 1.807) is 24.5 Å². The Bertz CT molecular complexity index is 575. The predicted molar refractivity (Wildman–Crippen MR) is 81.5 cm³/mol. The summed E-state index contributed by atoms with van der Waals surface area (Å²) in [6, 6.07) is 3.33. The van der Waals surface area contributed by atoms with Crippen molar-refractivity contribution in [2.45, 2.75) is 7.59 Å². The first-order valence-corrected chi connectivity index (χ1v) is 7.25. The van der Waals surface area contributed by atoms with E-state index < -0.39 is 7.59 Å². The van der Waals surface area contributed by atoms with Crippen molar-refractivity contribution < 1.29 is 0 Å². The first-order chi connectivity index (χ1) is 9.18. The second-order valence-corrected chi connectivity index (χ2v) is 8.10. The summed E-state index contributed by atoms with van der Waals surface area (Å²) >= 11 is 34.7. The second kappa shape index (κ2) is 5.95. The molecule has 0 amide bonds. The number of hydrogen-bond donors (Lipinski definition) is 0. The highest BCUT2D eigenvalue weighted by Gasteiger charge is 2.33. The van der Waals surface area contributed by atoms with Gasteiger partial charge in [0.25, 0.3) is 0 Å². The first-order valence-electron chi connectivity index (χ1n) is 4.99. The smallest absolute Gasteiger partial charge is 0.250 e. The molecule has 4 nitrogen and oxygen atoms in total. The van der Waals surface area contributed by atoms with Gasteiger partial charge in [0.1, 0.15) is 0 Å². The molecule has 20 heavy (non-hydrogen) atoms. The number of hydrogen-bond acceptors (Lipinski definition) is 4. The van der Waals surface area contributed by atoms with Gasteiger partial charge in [0.15, 0.2) is 17.5 Å². The monoisotopic (exact) mass is 390 g/mol. The lowest BCUT2D eigenvalue weighted by Crippen LogP contribution is -2.16. The fourth-order valence-electron chi connectivity index (χ4n) is 1.26. The van der Waals surface area contributed by atoms with E-state index in [9.17, 15) is 0 Å². The molecule has 2 heterocycles.